The number of carbonyl (C=O) groups is 3. The molecule has 0 spiro atoms. The molecule has 0 unspecified atom stereocenters. The highest BCUT2D eigenvalue weighted by molar-refractivity contribution is 6.25. The van der Waals surface area contributed by atoms with E-state index in [1.807, 2.05) is 39.0 Å². The molecule has 2 aromatic carbocycles. The average molecular weight is 421 g/mol. The van der Waals surface area contributed by atoms with E-state index in [1.165, 1.54) is 5.01 Å². The average Bonchev–Trinajstić information content (AvgIpc) is 3.25. The summed E-state index contributed by atoms with van der Waals surface area (Å²) in [7, 11) is 0. The highest BCUT2D eigenvalue weighted by Gasteiger charge is 2.55. The van der Waals surface area contributed by atoms with Gasteiger partial charge in [-0.1, -0.05) is 11.3 Å². The third-order valence-electron chi connectivity index (χ3n) is 5.36. The summed E-state index contributed by atoms with van der Waals surface area (Å²) in [6, 6.07) is 10.4. The summed E-state index contributed by atoms with van der Waals surface area (Å²) in [6.07, 6.45) is 0. The third kappa shape index (κ3) is 3.86. The van der Waals surface area contributed by atoms with E-state index >= 15 is 0 Å². The first-order chi connectivity index (χ1) is 14.9. The van der Waals surface area contributed by atoms with E-state index in [0.717, 1.165) is 16.0 Å². The number of anilines is 2. The van der Waals surface area contributed by atoms with Gasteiger partial charge in [-0.15, -0.1) is 0 Å². The van der Waals surface area contributed by atoms with Crippen LogP contribution in [0.5, 0.6) is 5.75 Å². The molecule has 2 aliphatic rings. The fourth-order valence-corrected chi connectivity index (χ4v) is 3.63. The standard InChI is InChI=1S/C22H23N5O4/c1-4-31-17-9-7-16(8-10-17)27-21(29)19-20(22(27)30)26(25-24-19)12-18(28)23-15-6-5-13(2)14(3)11-15/h5-11,19-20H,4,12H2,1-3H3,(H,23,28)/t19-,20+/m0/s1. The lowest BCUT2D eigenvalue weighted by atomic mass is 10.1. The number of benzene rings is 2. The number of rotatable bonds is 6. The molecule has 3 amide bonds. The van der Waals surface area contributed by atoms with Gasteiger partial charge in [0.1, 0.15) is 12.3 Å². The second kappa shape index (κ2) is 8.17. The van der Waals surface area contributed by atoms with Gasteiger partial charge >= 0.3 is 0 Å². The molecule has 0 radical (unpaired) electrons. The summed E-state index contributed by atoms with van der Waals surface area (Å²) < 4.78 is 5.40. The number of ether oxygens (including phenoxy) is 1. The number of amides is 3. The van der Waals surface area contributed by atoms with E-state index in [0.29, 0.717) is 23.7 Å². The highest BCUT2D eigenvalue weighted by atomic mass is 16.5. The molecule has 31 heavy (non-hydrogen) atoms. The maximum absolute atomic E-state index is 13.0. The number of fused-ring (bicyclic) bond motifs is 1. The van der Waals surface area contributed by atoms with E-state index in [2.05, 4.69) is 15.7 Å². The lowest BCUT2D eigenvalue weighted by molar-refractivity contribution is -0.123. The van der Waals surface area contributed by atoms with Crippen LogP contribution in [-0.4, -0.2) is 48.0 Å². The Labute approximate surface area is 179 Å². The first-order valence-corrected chi connectivity index (χ1v) is 10.0. The number of aryl methyl sites for hydroxylation is 2. The minimum absolute atomic E-state index is 0.187. The van der Waals surface area contributed by atoms with Gasteiger partial charge in [-0.25, -0.2) is 4.90 Å². The second-order valence-corrected chi connectivity index (χ2v) is 7.48. The van der Waals surface area contributed by atoms with Crippen molar-refractivity contribution in [1.82, 2.24) is 5.01 Å². The molecule has 1 saturated heterocycles. The SMILES string of the molecule is CCOc1ccc(N2C(=O)[C@H]3N=NN(CC(=O)Nc4ccc(C)c(C)c4)[C@H]3C2=O)cc1. The highest BCUT2D eigenvalue weighted by Crippen LogP contribution is 2.32. The zero-order valence-corrected chi connectivity index (χ0v) is 17.5. The van der Waals surface area contributed by atoms with Gasteiger partial charge in [0, 0.05) is 5.69 Å². The normalized spacial score (nSPS) is 19.7. The van der Waals surface area contributed by atoms with Crippen molar-refractivity contribution in [3.05, 3.63) is 53.6 Å². The van der Waals surface area contributed by atoms with Crippen LogP contribution in [-0.2, 0) is 14.4 Å². The summed E-state index contributed by atoms with van der Waals surface area (Å²) in [5, 5.41) is 11.9. The number of hydrogen-bond donors (Lipinski definition) is 1. The number of imide groups is 1. The zero-order chi connectivity index (χ0) is 22.1. The van der Waals surface area contributed by atoms with Crippen LogP contribution in [0.3, 0.4) is 0 Å². The molecule has 2 aromatic rings. The first kappa shape index (κ1) is 20.5. The van der Waals surface area contributed by atoms with Gasteiger partial charge in [-0.3, -0.25) is 19.4 Å². The molecule has 9 nitrogen and oxygen atoms in total. The van der Waals surface area contributed by atoms with E-state index in [-0.39, 0.29) is 12.5 Å². The second-order valence-electron chi connectivity index (χ2n) is 7.48. The molecular formula is C22H23N5O4. The summed E-state index contributed by atoms with van der Waals surface area (Å²) in [6.45, 7) is 6.16. The fraction of sp³-hybridized carbons (Fsp3) is 0.318. The molecule has 0 saturated carbocycles. The van der Waals surface area contributed by atoms with E-state index in [1.54, 1.807) is 24.3 Å². The predicted molar refractivity (Wildman–Crippen MR) is 114 cm³/mol. The van der Waals surface area contributed by atoms with Gasteiger partial charge in [0.05, 0.1) is 12.3 Å². The van der Waals surface area contributed by atoms with Crippen LogP contribution < -0.4 is 15.0 Å². The molecule has 1 N–H and O–H groups in total. The minimum atomic E-state index is -0.950. The van der Waals surface area contributed by atoms with Crippen molar-refractivity contribution in [2.45, 2.75) is 32.9 Å². The number of hydrogen-bond acceptors (Lipinski definition) is 7. The van der Waals surface area contributed by atoms with Gasteiger partial charge in [-0.2, -0.15) is 5.11 Å². The topological polar surface area (TPSA) is 104 Å². The molecule has 2 aliphatic heterocycles. The van der Waals surface area contributed by atoms with E-state index in [4.69, 9.17) is 4.74 Å². The van der Waals surface area contributed by atoms with Crippen molar-refractivity contribution < 1.29 is 19.1 Å². The molecule has 2 atom stereocenters. The molecule has 1 fully saturated rings. The third-order valence-corrected chi connectivity index (χ3v) is 5.36. The Morgan fingerprint density at radius 1 is 1.06 bits per heavy atom. The van der Waals surface area contributed by atoms with Crippen molar-refractivity contribution >= 4 is 29.1 Å². The lowest BCUT2D eigenvalue weighted by Gasteiger charge is -2.20. The van der Waals surface area contributed by atoms with Crippen LogP contribution in [0, 0.1) is 13.8 Å². The molecular weight excluding hydrogens is 398 g/mol. The van der Waals surface area contributed by atoms with E-state index in [9.17, 15) is 14.4 Å². The van der Waals surface area contributed by atoms with Crippen LogP contribution in [0.1, 0.15) is 18.1 Å². The van der Waals surface area contributed by atoms with Gasteiger partial charge in [0.15, 0.2) is 12.1 Å². The fourth-order valence-electron chi connectivity index (χ4n) is 3.63. The number of nitrogens with zero attached hydrogens (tertiary/aromatic N) is 4. The molecule has 4 rings (SSSR count). The van der Waals surface area contributed by atoms with Crippen molar-refractivity contribution in [2.75, 3.05) is 23.4 Å². The Bertz CT molecular complexity index is 1070. The van der Waals surface area contributed by atoms with Crippen LogP contribution in [0.2, 0.25) is 0 Å². The van der Waals surface area contributed by atoms with Crippen LogP contribution >= 0.6 is 0 Å². The summed E-state index contributed by atoms with van der Waals surface area (Å²) in [5.41, 5.74) is 3.27. The lowest BCUT2D eigenvalue weighted by Crippen LogP contribution is -2.43. The van der Waals surface area contributed by atoms with Crippen molar-refractivity contribution in [3.8, 4) is 5.75 Å². The van der Waals surface area contributed by atoms with Gasteiger partial charge in [0.25, 0.3) is 11.8 Å². The predicted octanol–water partition coefficient (Wildman–Crippen LogP) is 2.63. The van der Waals surface area contributed by atoms with Crippen LogP contribution in [0.4, 0.5) is 11.4 Å². The molecule has 9 heteroatoms. The Balaban J connectivity index is 1.46. The number of carbonyl (C=O) groups excluding carboxylic acids is 3. The Kier molecular flexibility index (Phi) is 5.41. The van der Waals surface area contributed by atoms with Gasteiger partial charge in [0.2, 0.25) is 5.91 Å². The molecule has 2 heterocycles. The van der Waals surface area contributed by atoms with Gasteiger partial charge < -0.3 is 10.1 Å². The van der Waals surface area contributed by atoms with Crippen LogP contribution in [0.15, 0.2) is 52.8 Å². The smallest absolute Gasteiger partial charge is 0.263 e. The Morgan fingerprint density at radius 2 is 1.81 bits per heavy atom. The largest absolute Gasteiger partial charge is 0.494 e. The maximum Gasteiger partial charge on any atom is 0.263 e. The Hall–Kier alpha value is -3.75. The van der Waals surface area contributed by atoms with E-state index < -0.39 is 23.9 Å². The maximum atomic E-state index is 13.0. The molecule has 160 valence electrons. The van der Waals surface area contributed by atoms with Crippen molar-refractivity contribution in [2.24, 2.45) is 10.3 Å². The summed E-state index contributed by atoms with van der Waals surface area (Å²) in [5.74, 6) is -0.611. The molecule has 0 aliphatic carbocycles. The van der Waals surface area contributed by atoms with Crippen molar-refractivity contribution in [3.63, 3.8) is 0 Å². The Morgan fingerprint density at radius 3 is 2.48 bits per heavy atom. The monoisotopic (exact) mass is 421 g/mol. The summed E-state index contributed by atoms with van der Waals surface area (Å²) in [4.78, 5) is 39.4. The zero-order valence-electron chi connectivity index (χ0n) is 17.5. The minimum Gasteiger partial charge on any atom is -0.494 e. The molecule has 0 bridgehead atoms. The first-order valence-electron chi connectivity index (χ1n) is 10.0. The summed E-state index contributed by atoms with van der Waals surface area (Å²) >= 11 is 0. The quantitative estimate of drug-likeness (QED) is 0.722. The number of nitrogens with one attached hydrogen (secondary N) is 1. The van der Waals surface area contributed by atoms with Crippen LogP contribution in [0.25, 0.3) is 0 Å². The molecule has 0 aromatic heterocycles. The van der Waals surface area contributed by atoms with Crippen molar-refractivity contribution in [1.29, 1.82) is 0 Å². The van der Waals surface area contributed by atoms with Gasteiger partial charge in [-0.05, 0) is 68.3 Å².